The van der Waals surface area contributed by atoms with E-state index in [4.69, 9.17) is 10.5 Å². The molecule has 2 rings (SSSR count). The van der Waals surface area contributed by atoms with Gasteiger partial charge < -0.3 is 4.90 Å². The van der Waals surface area contributed by atoms with Gasteiger partial charge in [-0.3, -0.25) is 0 Å². The van der Waals surface area contributed by atoms with Gasteiger partial charge in [-0.25, -0.2) is 0 Å². The van der Waals surface area contributed by atoms with E-state index in [2.05, 4.69) is 20.8 Å². The lowest BCUT2D eigenvalue weighted by molar-refractivity contribution is 0.968. The van der Waals surface area contributed by atoms with Crippen molar-refractivity contribution in [1.82, 2.24) is 0 Å². The molecule has 1 saturated heterocycles. The normalized spacial score (nSPS) is 14.3. The van der Waals surface area contributed by atoms with Crippen LogP contribution < -0.4 is 4.90 Å². The fourth-order valence-electron chi connectivity index (χ4n) is 1.92. The Morgan fingerprint density at radius 3 is 2.41 bits per heavy atom. The first-order valence-corrected chi connectivity index (χ1v) is 6.06. The molecule has 0 N–H and O–H groups in total. The fourth-order valence-corrected chi connectivity index (χ4v) is 2.18. The molecular formula is C13H10BrN3. The molecule has 3 nitrogen and oxygen atoms in total. The summed E-state index contributed by atoms with van der Waals surface area (Å²) >= 11 is 3.40. The molecule has 0 amide bonds. The van der Waals surface area contributed by atoms with Crippen LogP contribution in [0, 0.1) is 22.7 Å². The van der Waals surface area contributed by atoms with E-state index in [0.717, 1.165) is 28.7 Å². The summed E-state index contributed by atoms with van der Waals surface area (Å²) in [6.45, 7) is 1.54. The van der Waals surface area contributed by atoms with Crippen molar-refractivity contribution >= 4 is 21.6 Å². The average Bonchev–Trinajstić information content (AvgIpc) is 2.81. The quantitative estimate of drug-likeness (QED) is 0.746. The van der Waals surface area contributed by atoms with Crippen molar-refractivity contribution in [2.45, 2.75) is 6.42 Å². The lowest BCUT2D eigenvalue weighted by Gasteiger charge is -2.17. The molecule has 84 valence electrons. The fraction of sp³-hybridized carbons (Fsp3) is 0.231. The summed E-state index contributed by atoms with van der Waals surface area (Å²) in [5.74, 6) is 0. The van der Waals surface area contributed by atoms with Gasteiger partial charge in [0, 0.05) is 23.2 Å². The highest BCUT2D eigenvalue weighted by Gasteiger charge is 2.20. The van der Waals surface area contributed by atoms with E-state index in [-0.39, 0.29) is 5.57 Å². The van der Waals surface area contributed by atoms with E-state index in [9.17, 15) is 0 Å². The van der Waals surface area contributed by atoms with Crippen LogP contribution in [-0.4, -0.2) is 13.1 Å². The van der Waals surface area contributed by atoms with Crippen LogP contribution in [0.3, 0.4) is 0 Å². The van der Waals surface area contributed by atoms with E-state index in [0.29, 0.717) is 6.54 Å². The molecule has 0 aliphatic carbocycles. The third kappa shape index (κ3) is 2.49. The molecular weight excluding hydrogens is 278 g/mol. The van der Waals surface area contributed by atoms with Gasteiger partial charge in [-0.1, -0.05) is 15.9 Å². The number of nitrogens with zero attached hydrogens (tertiary/aromatic N) is 3. The van der Waals surface area contributed by atoms with Gasteiger partial charge in [0.1, 0.15) is 17.7 Å². The smallest absolute Gasteiger partial charge is 0.130 e. The zero-order valence-electron chi connectivity index (χ0n) is 9.15. The Hall–Kier alpha value is -1.78. The Morgan fingerprint density at radius 1 is 1.18 bits per heavy atom. The first-order chi connectivity index (χ1) is 8.24. The molecule has 1 aromatic rings. The van der Waals surface area contributed by atoms with Crippen molar-refractivity contribution in [3.05, 3.63) is 39.9 Å². The zero-order valence-corrected chi connectivity index (χ0v) is 10.7. The second kappa shape index (κ2) is 5.03. The Bertz CT molecular complexity index is 515. The maximum Gasteiger partial charge on any atom is 0.130 e. The molecule has 0 atom stereocenters. The second-order valence-corrected chi connectivity index (χ2v) is 4.77. The predicted molar refractivity (Wildman–Crippen MR) is 69.2 cm³/mol. The van der Waals surface area contributed by atoms with Gasteiger partial charge in [0.2, 0.25) is 0 Å². The Morgan fingerprint density at radius 2 is 1.82 bits per heavy atom. The van der Waals surface area contributed by atoms with Gasteiger partial charge >= 0.3 is 0 Å². The summed E-state index contributed by atoms with van der Waals surface area (Å²) in [5, 5.41) is 17.6. The van der Waals surface area contributed by atoms with Crippen LogP contribution >= 0.6 is 15.9 Å². The minimum atomic E-state index is 0.268. The average molecular weight is 288 g/mol. The number of hydrogen-bond acceptors (Lipinski definition) is 3. The molecule has 0 bridgehead atoms. The zero-order chi connectivity index (χ0) is 12.3. The largest absolute Gasteiger partial charge is 0.367 e. The number of allylic oxidation sites excluding steroid dienone is 1. The van der Waals surface area contributed by atoms with Crippen LogP contribution in [0.2, 0.25) is 0 Å². The van der Waals surface area contributed by atoms with Crippen molar-refractivity contribution in [3.8, 4) is 12.1 Å². The van der Waals surface area contributed by atoms with Gasteiger partial charge in [-0.2, -0.15) is 10.5 Å². The monoisotopic (exact) mass is 287 g/mol. The lowest BCUT2D eigenvalue weighted by atomic mass is 10.1. The van der Waals surface area contributed by atoms with Crippen LogP contribution in [0.1, 0.15) is 6.42 Å². The van der Waals surface area contributed by atoms with Crippen LogP contribution in [0.25, 0.3) is 0 Å². The first kappa shape index (κ1) is 11.7. The van der Waals surface area contributed by atoms with Crippen molar-refractivity contribution in [1.29, 1.82) is 10.5 Å². The predicted octanol–water partition coefficient (Wildman–Crippen LogP) is 3.00. The van der Waals surface area contributed by atoms with Crippen LogP contribution in [0.4, 0.5) is 5.69 Å². The molecule has 1 fully saturated rings. The Kier molecular flexibility index (Phi) is 3.46. The number of hydrogen-bond donors (Lipinski definition) is 0. The summed E-state index contributed by atoms with van der Waals surface area (Å²) in [6, 6.07) is 12.0. The molecule has 0 saturated carbocycles. The third-order valence-corrected chi connectivity index (χ3v) is 3.36. The summed E-state index contributed by atoms with van der Waals surface area (Å²) in [6.07, 6.45) is 0.798. The van der Waals surface area contributed by atoms with Gasteiger partial charge in [0.15, 0.2) is 0 Å². The number of benzene rings is 1. The van der Waals surface area contributed by atoms with E-state index in [1.54, 1.807) is 0 Å². The van der Waals surface area contributed by atoms with Crippen molar-refractivity contribution in [2.75, 3.05) is 18.0 Å². The molecule has 1 aliphatic rings. The molecule has 4 heteroatoms. The molecule has 0 spiro atoms. The molecule has 1 aromatic carbocycles. The Balaban J connectivity index is 2.19. The second-order valence-electron chi connectivity index (χ2n) is 3.85. The topological polar surface area (TPSA) is 50.8 Å². The van der Waals surface area contributed by atoms with Crippen molar-refractivity contribution < 1.29 is 0 Å². The van der Waals surface area contributed by atoms with Gasteiger partial charge in [-0.05, 0) is 36.3 Å². The van der Waals surface area contributed by atoms with E-state index < -0.39 is 0 Å². The minimum Gasteiger partial charge on any atom is -0.367 e. The van der Waals surface area contributed by atoms with E-state index >= 15 is 0 Å². The standard InChI is InChI=1S/C13H10BrN3/c14-12-1-3-13(4-2-12)17-6-5-10(9-17)11(7-15)8-16/h1-4H,5-6,9H2. The van der Waals surface area contributed by atoms with Gasteiger partial charge in [0.05, 0.1) is 0 Å². The number of nitriles is 2. The maximum atomic E-state index is 8.82. The van der Waals surface area contributed by atoms with Crippen LogP contribution in [0.5, 0.6) is 0 Å². The molecule has 17 heavy (non-hydrogen) atoms. The summed E-state index contributed by atoms with van der Waals surface area (Å²) in [7, 11) is 0. The van der Waals surface area contributed by atoms with Crippen molar-refractivity contribution in [2.24, 2.45) is 0 Å². The molecule has 0 radical (unpaired) electrons. The number of rotatable bonds is 1. The molecule has 0 aromatic heterocycles. The number of anilines is 1. The van der Waals surface area contributed by atoms with Crippen molar-refractivity contribution in [3.63, 3.8) is 0 Å². The SMILES string of the molecule is N#CC(C#N)=C1CCN(c2ccc(Br)cc2)C1. The van der Waals surface area contributed by atoms with E-state index in [1.807, 2.05) is 36.4 Å². The maximum absolute atomic E-state index is 8.82. The molecule has 1 aliphatic heterocycles. The highest BCUT2D eigenvalue weighted by Crippen LogP contribution is 2.26. The van der Waals surface area contributed by atoms with Gasteiger partial charge in [0.25, 0.3) is 0 Å². The molecule has 0 unspecified atom stereocenters. The highest BCUT2D eigenvalue weighted by atomic mass is 79.9. The summed E-state index contributed by atoms with van der Waals surface area (Å²) < 4.78 is 1.05. The minimum absolute atomic E-state index is 0.268. The van der Waals surface area contributed by atoms with E-state index in [1.165, 1.54) is 0 Å². The summed E-state index contributed by atoms with van der Waals surface area (Å²) in [4.78, 5) is 2.18. The van der Waals surface area contributed by atoms with Crippen LogP contribution in [0.15, 0.2) is 39.9 Å². The highest BCUT2D eigenvalue weighted by molar-refractivity contribution is 9.10. The Labute approximate surface area is 109 Å². The summed E-state index contributed by atoms with van der Waals surface area (Å²) in [5.41, 5.74) is 2.33. The third-order valence-electron chi connectivity index (χ3n) is 2.83. The number of halogens is 1. The lowest BCUT2D eigenvalue weighted by Crippen LogP contribution is -2.17. The van der Waals surface area contributed by atoms with Crippen LogP contribution in [-0.2, 0) is 0 Å². The molecule has 1 heterocycles. The van der Waals surface area contributed by atoms with Gasteiger partial charge in [-0.15, -0.1) is 0 Å². The first-order valence-electron chi connectivity index (χ1n) is 5.27.